The van der Waals surface area contributed by atoms with Gasteiger partial charge in [0.15, 0.2) is 12.6 Å². The first-order valence-electron chi connectivity index (χ1n) is 13.1. The monoisotopic (exact) mass is 630 g/mol. The second kappa shape index (κ2) is 13.3. The van der Waals surface area contributed by atoms with Crippen molar-refractivity contribution in [2.24, 2.45) is 11.5 Å². The highest BCUT2D eigenvalue weighted by molar-refractivity contribution is 5.94. The third-order valence-electron chi connectivity index (χ3n) is 6.68. The zero-order valence-corrected chi connectivity index (χ0v) is 23.1. The minimum absolute atomic E-state index is 0.0604. The molecule has 0 unspecified atom stereocenters. The summed E-state index contributed by atoms with van der Waals surface area (Å²) in [4.78, 5) is 33.1. The van der Waals surface area contributed by atoms with Crippen molar-refractivity contribution in [3.05, 3.63) is 118 Å². The molecule has 2 amide bonds. The van der Waals surface area contributed by atoms with Crippen LogP contribution in [0.2, 0.25) is 0 Å². The Morgan fingerprint density at radius 1 is 0.644 bits per heavy atom. The zero-order valence-electron chi connectivity index (χ0n) is 23.1. The molecule has 0 atom stereocenters. The smallest absolute Gasteiger partial charge is 0.366 e. The van der Waals surface area contributed by atoms with Crippen molar-refractivity contribution in [1.82, 2.24) is 0 Å². The third-order valence-corrected chi connectivity index (χ3v) is 6.68. The number of amides is 2. The number of ether oxygens (including phenoxy) is 2. The van der Waals surface area contributed by atoms with Crippen molar-refractivity contribution < 1.29 is 50.2 Å². The molecule has 1 aliphatic rings. The molecular weight excluding hydrogens is 606 g/mol. The van der Waals surface area contributed by atoms with Gasteiger partial charge >= 0.3 is 12.4 Å². The molecule has 13 heteroatoms. The molecule has 7 nitrogen and oxygen atoms in total. The molecule has 1 heterocycles. The van der Waals surface area contributed by atoms with Crippen molar-refractivity contribution in [2.45, 2.75) is 18.6 Å². The molecule has 1 saturated heterocycles. The van der Waals surface area contributed by atoms with E-state index in [0.717, 1.165) is 18.2 Å². The SMILES string of the molecule is NC(=O)c1cccc(-c2ccc(C3OCCO3)c(C(F)(F)F)c2)c1.NC(=O)c1cccc(-c2ccc(C=O)c(C(F)(F)F)c2)c1. The summed E-state index contributed by atoms with van der Waals surface area (Å²) in [6, 6.07) is 19.4. The van der Waals surface area contributed by atoms with Crippen LogP contribution in [0.25, 0.3) is 22.3 Å². The van der Waals surface area contributed by atoms with Crippen LogP contribution in [0.4, 0.5) is 26.3 Å². The number of nitrogens with two attached hydrogens (primary N) is 2. The summed E-state index contributed by atoms with van der Waals surface area (Å²) in [6.45, 7) is 0.509. The van der Waals surface area contributed by atoms with E-state index in [1.807, 2.05) is 0 Å². The Morgan fingerprint density at radius 3 is 1.53 bits per heavy atom. The molecule has 1 fully saturated rings. The summed E-state index contributed by atoms with van der Waals surface area (Å²) in [5.41, 5.74) is 9.90. The fraction of sp³-hybridized carbons (Fsp3) is 0.156. The molecule has 0 saturated carbocycles. The summed E-state index contributed by atoms with van der Waals surface area (Å²) in [7, 11) is 0. The van der Waals surface area contributed by atoms with E-state index >= 15 is 0 Å². The standard InChI is InChI=1S/C17H14F3NO3.C15H10F3NO2/c18-17(19,20)14-9-11(4-5-13(14)16-23-6-7-24-16)10-2-1-3-12(8-10)15(21)22;16-15(17,18)13-7-10(4-5-12(13)8-20)9-2-1-3-11(6-9)14(19)21/h1-5,8-9,16H,6-7H2,(H2,21,22);1-8H,(H2,19,21). The summed E-state index contributed by atoms with van der Waals surface area (Å²) >= 11 is 0. The normalized spacial score (nSPS) is 13.6. The van der Waals surface area contributed by atoms with Gasteiger partial charge < -0.3 is 20.9 Å². The summed E-state index contributed by atoms with van der Waals surface area (Å²) in [5.74, 6) is -1.31. The van der Waals surface area contributed by atoms with Crippen LogP contribution in [-0.2, 0) is 21.8 Å². The lowest BCUT2D eigenvalue weighted by Gasteiger charge is -2.18. The molecule has 4 aromatic rings. The number of primary amides is 2. The van der Waals surface area contributed by atoms with E-state index in [-0.39, 0.29) is 41.8 Å². The first-order chi connectivity index (χ1) is 21.2. The second-order valence-electron chi connectivity index (χ2n) is 9.68. The molecule has 4 aromatic carbocycles. The molecule has 0 bridgehead atoms. The Hall–Kier alpha value is -5.01. The lowest BCUT2D eigenvalue weighted by molar-refractivity contribution is -0.142. The molecule has 234 valence electrons. The Labute approximate surface area is 252 Å². The van der Waals surface area contributed by atoms with Crippen LogP contribution in [0.15, 0.2) is 84.9 Å². The highest BCUT2D eigenvalue weighted by atomic mass is 19.4. The molecule has 4 N–H and O–H groups in total. The highest BCUT2D eigenvalue weighted by Gasteiger charge is 2.37. The van der Waals surface area contributed by atoms with Crippen LogP contribution in [0.1, 0.15) is 54.1 Å². The molecule has 1 aliphatic heterocycles. The third kappa shape index (κ3) is 7.94. The van der Waals surface area contributed by atoms with E-state index in [1.54, 1.807) is 18.2 Å². The van der Waals surface area contributed by atoms with Gasteiger partial charge in [0.2, 0.25) is 11.8 Å². The fourth-order valence-electron chi connectivity index (χ4n) is 4.51. The van der Waals surface area contributed by atoms with Crippen LogP contribution in [0.5, 0.6) is 0 Å². The Balaban J connectivity index is 0.000000207. The first kappa shape index (κ1) is 32.9. The van der Waals surface area contributed by atoms with Gasteiger partial charge in [-0.25, -0.2) is 0 Å². The lowest BCUT2D eigenvalue weighted by atomic mass is 9.97. The number of carbonyl (C=O) groups is 3. The highest BCUT2D eigenvalue weighted by Crippen LogP contribution is 2.40. The van der Waals surface area contributed by atoms with Crippen LogP contribution in [-0.4, -0.2) is 31.3 Å². The van der Waals surface area contributed by atoms with Gasteiger partial charge in [0.1, 0.15) is 0 Å². The van der Waals surface area contributed by atoms with Gasteiger partial charge in [0.25, 0.3) is 0 Å². The largest absolute Gasteiger partial charge is 0.417 e. The number of rotatable bonds is 6. The number of benzene rings is 4. The minimum atomic E-state index is -4.63. The summed E-state index contributed by atoms with van der Waals surface area (Å²) < 4.78 is 89.4. The van der Waals surface area contributed by atoms with Gasteiger partial charge in [-0.05, 0) is 58.7 Å². The maximum absolute atomic E-state index is 13.4. The van der Waals surface area contributed by atoms with Crippen LogP contribution in [0, 0.1) is 0 Å². The number of hydrogen-bond donors (Lipinski definition) is 2. The van der Waals surface area contributed by atoms with Gasteiger partial charge in [0, 0.05) is 22.3 Å². The van der Waals surface area contributed by atoms with Crippen LogP contribution >= 0.6 is 0 Å². The molecule has 0 aromatic heterocycles. The van der Waals surface area contributed by atoms with Crippen molar-refractivity contribution in [2.75, 3.05) is 13.2 Å². The minimum Gasteiger partial charge on any atom is -0.366 e. The van der Waals surface area contributed by atoms with Gasteiger partial charge in [-0.15, -0.1) is 0 Å². The maximum Gasteiger partial charge on any atom is 0.417 e. The molecule has 5 rings (SSSR count). The fourth-order valence-corrected chi connectivity index (χ4v) is 4.51. The molecule has 0 spiro atoms. The number of alkyl halides is 6. The van der Waals surface area contributed by atoms with Gasteiger partial charge in [0.05, 0.1) is 24.3 Å². The molecule has 0 radical (unpaired) electrons. The molecule has 0 aliphatic carbocycles. The van der Waals surface area contributed by atoms with Crippen molar-refractivity contribution in [1.29, 1.82) is 0 Å². The Morgan fingerprint density at radius 2 is 1.09 bits per heavy atom. The Kier molecular flexibility index (Phi) is 9.74. The summed E-state index contributed by atoms with van der Waals surface area (Å²) in [6.07, 6.45) is -10.0. The van der Waals surface area contributed by atoms with E-state index in [0.29, 0.717) is 16.7 Å². The topological polar surface area (TPSA) is 122 Å². The van der Waals surface area contributed by atoms with E-state index in [9.17, 15) is 40.7 Å². The molecule has 45 heavy (non-hydrogen) atoms. The van der Waals surface area contributed by atoms with E-state index < -0.39 is 47.1 Å². The molecular formula is C32H24F6N2O5. The van der Waals surface area contributed by atoms with Gasteiger partial charge in [-0.3, -0.25) is 14.4 Å². The van der Waals surface area contributed by atoms with Crippen molar-refractivity contribution >= 4 is 18.1 Å². The number of halogens is 6. The van der Waals surface area contributed by atoms with Crippen molar-refractivity contribution in [3.8, 4) is 22.3 Å². The van der Waals surface area contributed by atoms with E-state index in [4.69, 9.17) is 20.9 Å². The predicted molar refractivity (Wildman–Crippen MR) is 151 cm³/mol. The van der Waals surface area contributed by atoms with Gasteiger partial charge in [-0.1, -0.05) is 48.5 Å². The average Bonchev–Trinajstić information content (AvgIpc) is 3.55. The van der Waals surface area contributed by atoms with E-state index in [1.165, 1.54) is 48.5 Å². The average molecular weight is 631 g/mol. The zero-order chi connectivity index (χ0) is 32.9. The van der Waals surface area contributed by atoms with Gasteiger partial charge in [-0.2, -0.15) is 26.3 Å². The van der Waals surface area contributed by atoms with Crippen LogP contribution < -0.4 is 11.5 Å². The van der Waals surface area contributed by atoms with Crippen molar-refractivity contribution in [3.63, 3.8) is 0 Å². The van der Waals surface area contributed by atoms with Crippen LogP contribution in [0.3, 0.4) is 0 Å². The number of carbonyl (C=O) groups excluding carboxylic acids is 3. The first-order valence-corrected chi connectivity index (χ1v) is 13.1. The summed E-state index contributed by atoms with van der Waals surface area (Å²) in [5, 5.41) is 0. The number of aldehydes is 1. The predicted octanol–water partition coefficient (Wildman–Crippen LogP) is 6.80. The van der Waals surface area contributed by atoms with E-state index in [2.05, 4.69) is 0 Å². The lowest BCUT2D eigenvalue weighted by Crippen LogP contribution is -2.13. The number of hydrogen-bond acceptors (Lipinski definition) is 5. The Bertz CT molecular complexity index is 1730. The second-order valence-corrected chi connectivity index (χ2v) is 9.68. The maximum atomic E-state index is 13.4. The quantitative estimate of drug-likeness (QED) is 0.179.